The fraction of sp³-hybridized carbons (Fsp3) is 0.400. The molecule has 0 aliphatic heterocycles. The van der Waals surface area contributed by atoms with Gasteiger partial charge < -0.3 is 9.88 Å². The summed E-state index contributed by atoms with van der Waals surface area (Å²) in [6, 6.07) is 8.42. The van der Waals surface area contributed by atoms with Crippen LogP contribution in [0.2, 0.25) is 5.02 Å². The zero-order chi connectivity index (χ0) is 14.4. The maximum atomic E-state index is 5.90. The predicted octanol–water partition coefficient (Wildman–Crippen LogP) is 3.39. The van der Waals surface area contributed by atoms with Gasteiger partial charge in [0.15, 0.2) is 0 Å². The van der Waals surface area contributed by atoms with Crippen LogP contribution in [0.4, 0.5) is 0 Å². The van der Waals surface area contributed by atoms with Crippen molar-refractivity contribution in [1.29, 1.82) is 0 Å². The Labute approximate surface area is 129 Å². The molecule has 0 saturated carbocycles. The minimum absolute atomic E-state index is 0.418. The zero-order valence-electron chi connectivity index (χ0n) is 11.8. The predicted molar refractivity (Wildman–Crippen MR) is 86.6 cm³/mol. The van der Waals surface area contributed by atoms with E-state index in [0.29, 0.717) is 6.04 Å². The Bertz CT molecular complexity index is 524. The summed E-state index contributed by atoms with van der Waals surface area (Å²) in [5.41, 5.74) is 0. The number of rotatable bonds is 7. The normalized spacial score (nSPS) is 12.6. The first-order valence-electron chi connectivity index (χ1n) is 6.77. The molecule has 0 bridgehead atoms. The van der Waals surface area contributed by atoms with Crippen molar-refractivity contribution in [2.24, 2.45) is 7.05 Å². The molecule has 1 N–H and O–H groups in total. The fourth-order valence-corrected chi connectivity index (χ4v) is 3.10. The molecule has 0 spiro atoms. The molecule has 1 unspecified atom stereocenters. The van der Waals surface area contributed by atoms with Gasteiger partial charge in [-0.15, -0.1) is 11.8 Å². The number of nitrogens with one attached hydrogen (secondary N) is 1. The third-order valence-electron chi connectivity index (χ3n) is 3.11. The Morgan fingerprint density at radius 2 is 2.10 bits per heavy atom. The molecular formula is C15H20ClN3S. The van der Waals surface area contributed by atoms with Crippen LogP contribution in [0.25, 0.3) is 0 Å². The Kier molecular flexibility index (Phi) is 5.95. The SMILES string of the molecule is CCNC(CSc1ccc(Cl)cc1)Cc1nccn1C. The molecule has 0 aliphatic carbocycles. The van der Waals surface area contributed by atoms with Crippen LogP contribution in [-0.2, 0) is 13.5 Å². The van der Waals surface area contributed by atoms with Gasteiger partial charge in [0.25, 0.3) is 0 Å². The molecule has 2 rings (SSSR count). The number of likely N-dealkylation sites (N-methyl/N-ethyl adjacent to an activating group) is 1. The molecule has 0 aliphatic rings. The quantitative estimate of drug-likeness (QED) is 0.795. The fourth-order valence-electron chi connectivity index (χ4n) is 2.02. The number of nitrogens with zero attached hydrogens (tertiary/aromatic N) is 2. The maximum Gasteiger partial charge on any atom is 0.109 e. The Hall–Kier alpha value is -0.970. The summed E-state index contributed by atoms with van der Waals surface area (Å²) in [4.78, 5) is 5.65. The summed E-state index contributed by atoms with van der Waals surface area (Å²) in [7, 11) is 2.04. The van der Waals surface area contributed by atoms with E-state index in [9.17, 15) is 0 Å². The van der Waals surface area contributed by atoms with Gasteiger partial charge in [-0.05, 0) is 30.8 Å². The van der Waals surface area contributed by atoms with Crippen LogP contribution in [0.5, 0.6) is 0 Å². The van der Waals surface area contributed by atoms with Crippen LogP contribution in [0.3, 0.4) is 0 Å². The van der Waals surface area contributed by atoms with Gasteiger partial charge in [-0.2, -0.15) is 0 Å². The monoisotopic (exact) mass is 309 g/mol. The number of imidazole rings is 1. The van der Waals surface area contributed by atoms with E-state index in [1.54, 1.807) is 0 Å². The van der Waals surface area contributed by atoms with Gasteiger partial charge in [0.1, 0.15) is 5.82 Å². The van der Waals surface area contributed by atoms with Gasteiger partial charge in [-0.1, -0.05) is 18.5 Å². The number of hydrogen-bond donors (Lipinski definition) is 1. The lowest BCUT2D eigenvalue weighted by Gasteiger charge is -2.17. The molecule has 0 radical (unpaired) electrons. The van der Waals surface area contributed by atoms with Crippen LogP contribution < -0.4 is 5.32 Å². The molecule has 0 saturated heterocycles. The highest BCUT2D eigenvalue weighted by atomic mass is 35.5. The average Bonchev–Trinajstić information content (AvgIpc) is 2.84. The maximum absolute atomic E-state index is 5.90. The van der Waals surface area contributed by atoms with Crippen LogP contribution >= 0.6 is 23.4 Å². The second-order valence-electron chi connectivity index (χ2n) is 4.68. The second-order valence-corrected chi connectivity index (χ2v) is 6.21. The first-order chi connectivity index (χ1) is 9.69. The highest BCUT2D eigenvalue weighted by Crippen LogP contribution is 2.21. The second kappa shape index (κ2) is 7.72. The average molecular weight is 310 g/mol. The summed E-state index contributed by atoms with van der Waals surface area (Å²) in [6.45, 7) is 3.11. The number of thioether (sulfide) groups is 1. The third kappa shape index (κ3) is 4.54. The highest BCUT2D eigenvalue weighted by Gasteiger charge is 2.12. The molecule has 2 aromatic rings. The first kappa shape index (κ1) is 15.4. The van der Waals surface area contributed by atoms with Gasteiger partial charge in [-0.25, -0.2) is 4.98 Å². The van der Waals surface area contributed by atoms with Crippen LogP contribution in [0.15, 0.2) is 41.6 Å². The lowest BCUT2D eigenvalue weighted by molar-refractivity contribution is 0.550. The van der Waals surface area contributed by atoms with E-state index < -0.39 is 0 Å². The summed E-state index contributed by atoms with van der Waals surface area (Å²) in [5, 5.41) is 4.31. The Morgan fingerprint density at radius 3 is 2.70 bits per heavy atom. The number of aromatic nitrogens is 2. The number of benzene rings is 1. The third-order valence-corrected chi connectivity index (χ3v) is 4.53. The van der Waals surface area contributed by atoms with Crippen molar-refractivity contribution in [2.45, 2.75) is 24.3 Å². The van der Waals surface area contributed by atoms with E-state index in [1.165, 1.54) is 4.90 Å². The van der Waals surface area contributed by atoms with Crippen LogP contribution in [-0.4, -0.2) is 27.9 Å². The van der Waals surface area contributed by atoms with E-state index in [2.05, 4.69) is 33.9 Å². The molecular weight excluding hydrogens is 290 g/mol. The summed E-state index contributed by atoms with van der Waals surface area (Å²) in [5.74, 6) is 2.13. The van der Waals surface area contributed by atoms with Gasteiger partial charge in [0.2, 0.25) is 0 Å². The summed E-state index contributed by atoms with van der Waals surface area (Å²) in [6.07, 6.45) is 4.79. The van der Waals surface area contributed by atoms with Crippen molar-refractivity contribution >= 4 is 23.4 Å². The molecule has 1 heterocycles. The van der Waals surface area contributed by atoms with E-state index >= 15 is 0 Å². The van der Waals surface area contributed by atoms with Crippen molar-refractivity contribution in [3.8, 4) is 0 Å². The Balaban J connectivity index is 1.92. The first-order valence-corrected chi connectivity index (χ1v) is 8.13. The van der Waals surface area contributed by atoms with Gasteiger partial charge >= 0.3 is 0 Å². The highest BCUT2D eigenvalue weighted by molar-refractivity contribution is 7.99. The molecule has 108 valence electrons. The molecule has 3 nitrogen and oxygen atoms in total. The van der Waals surface area contributed by atoms with Crippen LogP contribution in [0, 0.1) is 0 Å². The number of hydrogen-bond acceptors (Lipinski definition) is 3. The van der Waals surface area contributed by atoms with Crippen molar-refractivity contribution < 1.29 is 0 Å². The molecule has 0 fully saturated rings. The lowest BCUT2D eigenvalue weighted by atomic mass is 10.2. The summed E-state index contributed by atoms with van der Waals surface area (Å²) >= 11 is 7.75. The minimum atomic E-state index is 0.418. The molecule has 1 aromatic heterocycles. The van der Waals surface area contributed by atoms with Crippen molar-refractivity contribution in [3.63, 3.8) is 0 Å². The van der Waals surface area contributed by atoms with Crippen molar-refractivity contribution in [2.75, 3.05) is 12.3 Å². The molecule has 1 aromatic carbocycles. The van der Waals surface area contributed by atoms with Gasteiger partial charge in [-0.3, -0.25) is 0 Å². The van der Waals surface area contributed by atoms with E-state index in [1.807, 2.05) is 43.3 Å². The standard InChI is InChI=1S/C15H20ClN3S/c1-3-17-13(10-15-18-8-9-19(15)2)11-20-14-6-4-12(16)5-7-14/h4-9,13,17H,3,10-11H2,1-2H3. The van der Waals surface area contributed by atoms with E-state index in [4.69, 9.17) is 11.6 Å². The number of aryl methyl sites for hydroxylation is 1. The smallest absolute Gasteiger partial charge is 0.109 e. The zero-order valence-corrected chi connectivity index (χ0v) is 13.4. The van der Waals surface area contributed by atoms with E-state index in [0.717, 1.165) is 29.6 Å². The molecule has 20 heavy (non-hydrogen) atoms. The summed E-state index contributed by atoms with van der Waals surface area (Å²) < 4.78 is 2.08. The number of halogens is 1. The van der Waals surface area contributed by atoms with Gasteiger partial charge in [0.05, 0.1) is 0 Å². The van der Waals surface area contributed by atoms with Crippen molar-refractivity contribution in [3.05, 3.63) is 47.5 Å². The van der Waals surface area contributed by atoms with E-state index in [-0.39, 0.29) is 0 Å². The van der Waals surface area contributed by atoms with Crippen LogP contribution in [0.1, 0.15) is 12.7 Å². The largest absolute Gasteiger partial charge is 0.338 e. The molecule has 0 amide bonds. The Morgan fingerprint density at radius 1 is 1.35 bits per heavy atom. The molecule has 1 atom stereocenters. The molecule has 5 heteroatoms. The van der Waals surface area contributed by atoms with Crippen molar-refractivity contribution in [1.82, 2.24) is 14.9 Å². The minimum Gasteiger partial charge on any atom is -0.338 e. The van der Waals surface area contributed by atoms with Gasteiger partial charge in [0, 0.05) is 47.6 Å². The lowest BCUT2D eigenvalue weighted by Crippen LogP contribution is -2.34. The topological polar surface area (TPSA) is 29.9 Å².